The SMILES string of the molecule is COCCN(CCC(=O)NCc1cccc(C(F)(F)F)c1)c1nc(-c2cccs2)nc2ccccc12. The highest BCUT2D eigenvalue weighted by Gasteiger charge is 2.30. The molecule has 10 heteroatoms. The minimum Gasteiger partial charge on any atom is -0.383 e. The first-order chi connectivity index (χ1) is 17.3. The van der Waals surface area contributed by atoms with Crippen LogP contribution in [0.15, 0.2) is 66.0 Å². The van der Waals surface area contributed by atoms with Crippen LogP contribution < -0.4 is 10.2 Å². The molecule has 2 aromatic heterocycles. The highest BCUT2D eigenvalue weighted by Crippen LogP contribution is 2.30. The lowest BCUT2D eigenvalue weighted by Crippen LogP contribution is -2.33. The van der Waals surface area contributed by atoms with E-state index in [4.69, 9.17) is 14.7 Å². The number of ether oxygens (including phenoxy) is 1. The summed E-state index contributed by atoms with van der Waals surface area (Å²) in [5.41, 5.74) is 0.441. The fourth-order valence-corrected chi connectivity index (χ4v) is 4.38. The summed E-state index contributed by atoms with van der Waals surface area (Å²) in [4.78, 5) is 25.1. The number of benzene rings is 2. The van der Waals surface area contributed by atoms with Gasteiger partial charge in [-0.2, -0.15) is 13.2 Å². The zero-order valence-corrected chi connectivity index (χ0v) is 20.4. The minimum absolute atomic E-state index is 0.0137. The lowest BCUT2D eigenvalue weighted by atomic mass is 10.1. The van der Waals surface area contributed by atoms with Crippen LogP contribution in [-0.2, 0) is 22.3 Å². The van der Waals surface area contributed by atoms with Crippen molar-refractivity contribution in [3.63, 3.8) is 0 Å². The number of anilines is 1. The van der Waals surface area contributed by atoms with Gasteiger partial charge in [0, 0.05) is 38.6 Å². The quantitative estimate of drug-likeness (QED) is 0.301. The number of rotatable bonds is 10. The van der Waals surface area contributed by atoms with E-state index in [1.165, 1.54) is 6.07 Å². The molecule has 2 heterocycles. The van der Waals surface area contributed by atoms with Crippen molar-refractivity contribution >= 4 is 34.0 Å². The van der Waals surface area contributed by atoms with E-state index < -0.39 is 11.7 Å². The van der Waals surface area contributed by atoms with Crippen LogP contribution in [-0.4, -0.2) is 42.7 Å². The number of halogens is 3. The van der Waals surface area contributed by atoms with Crippen molar-refractivity contribution in [3.8, 4) is 10.7 Å². The summed E-state index contributed by atoms with van der Waals surface area (Å²) >= 11 is 1.55. The maximum Gasteiger partial charge on any atom is 0.416 e. The lowest BCUT2D eigenvalue weighted by molar-refractivity contribution is -0.137. The second-order valence-corrected chi connectivity index (χ2v) is 9.02. The fraction of sp³-hybridized carbons (Fsp3) is 0.269. The Balaban J connectivity index is 1.50. The molecule has 0 fully saturated rings. The highest BCUT2D eigenvalue weighted by molar-refractivity contribution is 7.13. The van der Waals surface area contributed by atoms with Crippen LogP contribution in [0.25, 0.3) is 21.6 Å². The Morgan fingerprint density at radius 3 is 2.64 bits per heavy atom. The third kappa shape index (κ3) is 6.38. The maximum absolute atomic E-state index is 13.0. The van der Waals surface area contributed by atoms with Gasteiger partial charge in [0.15, 0.2) is 5.82 Å². The summed E-state index contributed by atoms with van der Waals surface area (Å²) < 4.78 is 44.2. The molecule has 4 aromatic rings. The Hall–Kier alpha value is -3.50. The third-order valence-corrected chi connectivity index (χ3v) is 6.41. The smallest absolute Gasteiger partial charge is 0.383 e. The number of thiophene rings is 1. The zero-order chi connectivity index (χ0) is 25.5. The minimum atomic E-state index is -4.43. The van der Waals surface area contributed by atoms with Gasteiger partial charge in [-0.05, 0) is 41.3 Å². The molecule has 0 saturated heterocycles. The number of carbonyl (C=O) groups excluding carboxylic acids is 1. The van der Waals surface area contributed by atoms with E-state index in [1.54, 1.807) is 24.5 Å². The molecule has 0 aliphatic heterocycles. The highest BCUT2D eigenvalue weighted by atomic mass is 32.1. The van der Waals surface area contributed by atoms with Crippen LogP contribution >= 0.6 is 11.3 Å². The molecule has 0 saturated carbocycles. The van der Waals surface area contributed by atoms with E-state index in [0.717, 1.165) is 27.9 Å². The number of alkyl halides is 3. The van der Waals surface area contributed by atoms with Gasteiger partial charge >= 0.3 is 6.18 Å². The van der Waals surface area contributed by atoms with Crippen LogP contribution in [0.1, 0.15) is 17.5 Å². The number of para-hydroxylation sites is 1. The Morgan fingerprint density at radius 2 is 1.89 bits per heavy atom. The maximum atomic E-state index is 13.0. The molecule has 2 aromatic carbocycles. The molecular weight excluding hydrogens is 489 g/mol. The second-order valence-electron chi connectivity index (χ2n) is 8.07. The summed E-state index contributed by atoms with van der Waals surface area (Å²) in [5, 5.41) is 5.54. The number of methoxy groups -OCH3 is 1. The van der Waals surface area contributed by atoms with E-state index in [2.05, 4.69) is 5.32 Å². The van der Waals surface area contributed by atoms with Crippen molar-refractivity contribution in [2.24, 2.45) is 0 Å². The molecule has 0 aliphatic rings. The van der Waals surface area contributed by atoms with Gasteiger partial charge in [0.05, 0.1) is 22.6 Å². The molecule has 1 amide bonds. The van der Waals surface area contributed by atoms with Crippen molar-refractivity contribution in [1.82, 2.24) is 15.3 Å². The first kappa shape index (κ1) is 25.6. The topological polar surface area (TPSA) is 67.3 Å². The Kier molecular flexibility index (Phi) is 8.17. The van der Waals surface area contributed by atoms with Crippen molar-refractivity contribution in [3.05, 3.63) is 77.2 Å². The van der Waals surface area contributed by atoms with Gasteiger partial charge in [-0.25, -0.2) is 9.97 Å². The first-order valence-corrected chi connectivity index (χ1v) is 12.2. The summed E-state index contributed by atoms with van der Waals surface area (Å²) in [7, 11) is 1.61. The monoisotopic (exact) mass is 514 g/mol. The van der Waals surface area contributed by atoms with Gasteiger partial charge in [0.25, 0.3) is 0 Å². The number of carbonyl (C=O) groups is 1. The van der Waals surface area contributed by atoms with Crippen LogP contribution in [0, 0.1) is 0 Å². The predicted molar refractivity (Wildman–Crippen MR) is 135 cm³/mol. The van der Waals surface area contributed by atoms with Crippen LogP contribution in [0.2, 0.25) is 0 Å². The Bertz CT molecular complexity index is 1310. The van der Waals surface area contributed by atoms with Crippen molar-refractivity contribution in [1.29, 1.82) is 0 Å². The van der Waals surface area contributed by atoms with Crippen molar-refractivity contribution in [2.75, 3.05) is 31.7 Å². The largest absolute Gasteiger partial charge is 0.416 e. The molecule has 188 valence electrons. The van der Waals surface area contributed by atoms with E-state index in [9.17, 15) is 18.0 Å². The molecule has 1 N–H and O–H groups in total. The van der Waals surface area contributed by atoms with Crippen molar-refractivity contribution in [2.45, 2.75) is 19.1 Å². The van der Waals surface area contributed by atoms with Crippen LogP contribution in [0.5, 0.6) is 0 Å². The van der Waals surface area contributed by atoms with E-state index in [-0.39, 0.29) is 18.9 Å². The Labute approximate surface area is 210 Å². The van der Waals surface area contributed by atoms with Gasteiger partial charge in [-0.3, -0.25) is 4.79 Å². The van der Waals surface area contributed by atoms with E-state index >= 15 is 0 Å². The van der Waals surface area contributed by atoms with Gasteiger partial charge in [0.1, 0.15) is 5.82 Å². The number of nitrogens with one attached hydrogen (secondary N) is 1. The second kappa shape index (κ2) is 11.5. The van der Waals surface area contributed by atoms with E-state index in [0.29, 0.717) is 36.9 Å². The number of aromatic nitrogens is 2. The van der Waals surface area contributed by atoms with Gasteiger partial charge in [-0.1, -0.05) is 30.3 Å². The van der Waals surface area contributed by atoms with Crippen LogP contribution in [0.3, 0.4) is 0 Å². The van der Waals surface area contributed by atoms with E-state index in [1.807, 2.05) is 46.7 Å². The zero-order valence-electron chi connectivity index (χ0n) is 19.6. The summed E-state index contributed by atoms with van der Waals surface area (Å²) in [5.74, 6) is 1.04. The number of hydrogen-bond acceptors (Lipinski definition) is 6. The molecule has 0 radical (unpaired) electrons. The number of nitrogens with zero attached hydrogens (tertiary/aromatic N) is 3. The lowest BCUT2D eigenvalue weighted by Gasteiger charge is -2.25. The molecular formula is C26H25F3N4O2S. The normalized spacial score (nSPS) is 11.6. The summed E-state index contributed by atoms with van der Waals surface area (Å²) in [6.45, 7) is 1.29. The summed E-state index contributed by atoms with van der Waals surface area (Å²) in [6, 6.07) is 16.5. The number of amides is 1. The van der Waals surface area contributed by atoms with Crippen molar-refractivity contribution < 1.29 is 22.7 Å². The van der Waals surface area contributed by atoms with Gasteiger partial charge in [-0.15, -0.1) is 11.3 Å². The Morgan fingerprint density at radius 1 is 1.06 bits per heavy atom. The standard InChI is InChI=1S/C26H25F3N4O2S/c1-35-14-13-33(12-11-23(34)30-17-18-6-4-7-19(16-18)26(27,28)29)25-20-8-2-3-9-21(20)31-24(32-25)22-10-5-15-36-22/h2-10,15-16H,11-14,17H2,1H3,(H,30,34). The average Bonchev–Trinajstić information content (AvgIpc) is 3.42. The molecule has 6 nitrogen and oxygen atoms in total. The molecule has 0 atom stereocenters. The molecule has 0 unspecified atom stereocenters. The fourth-order valence-electron chi connectivity index (χ4n) is 3.73. The van der Waals surface area contributed by atoms with Gasteiger partial charge in [0.2, 0.25) is 5.91 Å². The average molecular weight is 515 g/mol. The number of fused-ring (bicyclic) bond motifs is 1. The first-order valence-electron chi connectivity index (χ1n) is 11.3. The number of hydrogen-bond donors (Lipinski definition) is 1. The summed E-state index contributed by atoms with van der Waals surface area (Å²) in [6.07, 6.45) is -4.29. The molecule has 0 aliphatic carbocycles. The molecule has 0 bridgehead atoms. The predicted octanol–water partition coefficient (Wildman–Crippen LogP) is 5.54. The molecule has 0 spiro atoms. The van der Waals surface area contributed by atoms with Gasteiger partial charge < -0.3 is 15.0 Å². The molecule has 36 heavy (non-hydrogen) atoms. The molecule has 4 rings (SSSR count). The third-order valence-electron chi connectivity index (χ3n) is 5.54. The van der Waals surface area contributed by atoms with Crippen LogP contribution in [0.4, 0.5) is 19.0 Å².